The molecule has 0 spiro atoms. The number of aromatic amines is 1. The van der Waals surface area contributed by atoms with Gasteiger partial charge in [0.1, 0.15) is 66.4 Å². The molecule has 3 aromatic rings. The number of carboxylic acid groups (broad SMARTS) is 1. The van der Waals surface area contributed by atoms with Crippen LogP contribution in [0.15, 0.2) is 64.3 Å². The van der Waals surface area contributed by atoms with E-state index in [2.05, 4.69) is 82.6 Å². The number of carbonyl (C=O) groups excluding carboxylic acids is 14. The van der Waals surface area contributed by atoms with Crippen LogP contribution in [-0.4, -0.2) is 272 Å². The van der Waals surface area contributed by atoms with Crippen molar-refractivity contribution in [2.24, 2.45) is 5.92 Å². The number of aryl methyl sites for hydroxylation is 1. The van der Waals surface area contributed by atoms with E-state index in [0.29, 0.717) is 11.1 Å². The van der Waals surface area contributed by atoms with Gasteiger partial charge in [0.2, 0.25) is 70.9 Å². The van der Waals surface area contributed by atoms with Crippen molar-refractivity contribution in [3.05, 3.63) is 106 Å². The predicted octanol–water partition coefficient (Wildman–Crippen LogP) is -6.57. The molecule has 1 aromatic heterocycles. The molecule has 602 valence electrons. The zero-order chi connectivity index (χ0) is 79.2. The summed E-state index contributed by atoms with van der Waals surface area (Å²) in [6, 6.07) is -2.32. The van der Waals surface area contributed by atoms with Gasteiger partial charge in [-0.2, -0.15) is 0 Å². The number of hydrogen-bond acceptors (Lipinski definition) is 23. The number of hydrogen-bond donors (Lipinski definition) is 17. The first-order valence-corrected chi connectivity index (χ1v) is 36.5. The summed E-state index contributed by atoms with van der Waals surface area (Å²) in [5, 5.41) is 70.9. The van der Waals surface area contributed by atoms with E-state index in [-0.39, 0.29) is 187 Å². The molecular formula is C67H93Gd2N17O21S2-2. The van der Waals surface area contributed by atoms with Gasteiger partial charge in [-0.1, -0.05) is 59.7 Å². The van der Waals surface area contributed by atoms with E-state index in [4.69, 9.17) is 0 Å². The molecule has 3 heterocycles. The summed E-state index contributed by atoms with van der Waals surface area (Å²) < 4.78 is 0.895. The summed E-state index contributed by atoms with van der Waals surface area (Å²) in [6.07, 6.45) is -2.24. The predicted molar refractivity (Wildman–Crippen MR) is 386 cm³/mol. The van der Waals surface area contributed by atoms with E-state index in [9.17, 15) is 102 Å². The number of likely N-dealkylation sites (tertiary alicyclic amines) is 1. The zero-order valence-electron chi connectivity index (χ0n) is 60.4. The van der Waals surface area contributed by atoms with Crippen molar-refractivity contribution in [2.45, 2.75) is 127 Å². The van der Waals surface area contributed by atoms with Gasteiger partial charge in [-0.05, 0) is 74.4 Å². The van der Waals surface area contributed by atoms with Gasteiger partial charge in [0.15, 0.2) is 0 Å². The van der Waals surface area contributed by atoms with Crippen LogP contribution in [0, 0.1) is 107 Å². The van der Waals surface area contributed by atoms with Crippen molar-refractivity contribution in [1.29, 1.82) is 0 Å². The summed E-state index contributed by atoms with van der Waals surface area (Å²) >= 11 is 0. The van der Waals surface area contributed by atoms with Crippen LogP contribution in [0.3, 0.4) is 0 Å². The van der Waals surface area contributed by atoms with Gasteiger partial charge in [0, 0.05) is 169 Å². The fourth-order valence-electron chi connectivity index (χ4n) is 11.0. The monoisotopic (exact) mass is 1850 g/mol. The fraction of sp³-hybridized carbons (Fsp3) is 0.507. The first-order valence-electron chi connectivity index (χ1n) is 34.0. The van der Waals surface area contributed by atoms with Gasteiger partial charge in [-0.25, -0.2) is 4.79 Å². The number of likely N-dealkylation sites (N-methyl/N-ethyl adjacent to an activating group) is 1. The minimum Gasteiger partial charge on any atom is -0.508 e. The number of aliphatic carboxylic acids is 1. The number of aliphatic hydroxyl groups excluding tert-OH is 1. The Morgan fingerprint density at radius 3 is 1.77 bits per heavy atom. The number of H-pyrrole nitrogens is 1. The van der Waals surface area contributed by atoms with Crippen molar-refractivity contribution < 1.29 is 172 Å². The normalized spacial score (nSPS) is 19.5. The van der Waals surface area contributed by atoms with Gasteiger partial charge >= 0.3 is 11.7 Å². The molecular weight excluding hydrogens is 1760 g/mol. The van der Waals surface area contributed by atoms with E-state index in [0.717, 1.165) is 49.1 Å². The number of benzene rings is 2. The Kier molecular flexibility index (Phi) is 41.6. The molecule has 0 radical (unpaired) electrons. The maximum atomic E-state index is 14.9. The van der Waals surface area contributed by atoms with Crippen LogP contribution in [0.25, 0.3) is 0 Å². The van der Waals surface area contributed by atoms with Gasteiger partial charge < -0.3 is 117 Å². The number of phenolic OH excluding ortho intramolecular Hbond substituents is 2. The second-order valence-electron chi connectivity index (χ2n) is 25.6. The zero-order valence-corrected chi connectivity index (χ0v) is 66.5. The molecule has 0 aliphatic carbocycles. The molecule has 2 aromatic carbocycles. The number of aromatic nitrogens is 2. The molecule has 0 bridgehead atoms. The van der Waals surface area contributed by atoms with Crippen molar-refractivity contribution in [3.8, 4) is 11.5 Å². The quantitative estimate of drug-likeness (QED) is 0.0227. The largest absolute Gasteiger partial charge is 0.508 e. The van der Waals surface area contributed by atoms with Crippen LogP contribution in [0.5, 0.6) is 11.5 Å². The second-order valence-corrected chi connectivity index (χ2v) is 28.2. The molecule has 0 saturated carbocycles. The molecule has 38 nitrogen and oxygen atoms in total. The minimum atomic E-state index is -2.04. The van der Waals surface area contributed by atoms with Crippen molar-refractivity contribution >= 4 is 110 Å². The number of aliphatic hydroxyl groups is 1. The van der Waals surface area contributed by atoms with E-state index < -0.39 is 193 Å². The number of rotatable bonds is 29. The smallest absolute Gasteiger partial charge is 0.328 e. The van der Waals surface area contributed by atoms with Crippen LogP contribution < -0.4 is 75.1 Å². The number of nitrogens with zero attached hydrogens (tertiary/aromatic N) is 4. The Bertz CT molecular complexity index is 3800. The molecule has 109 heavy (non-hydrogen) atoms. The van der Waals surface area contributed by atoms with Crippen LogP contribution in [0.1, 0.15) is 63.1 Å². The van der Waals surface area contributed by atoms with E-state index >= 15 is 0 Å². The molecule has 2 aliphatic heterocycles. The Hall–Kier alpha value is -8.22. The Balaban J connectivity index is 0.0000154. The van der Waals surface area contributed by atoms with Crippen LogP contribution in [-0.2, 0) is 91.3 Å². The Labute approximate surface area is 699 Å². The van der Waals surface area contributed by atoms with E-state index in [1.165, 1.54) is 62.5 Å². The fourth-order valence-corrected chi connectivity index (χ4v) is 13.4. The van der Waals surface area contributed by atoms with Crippen molar-refractivity contribution in [3.63, 3.8) is 0 Å². The summed E-state index contributed by atoms with van der Waals surface area (Å²) in [5.41, 5.74) is -0.944. The van der Waals surface area contributed by atoms with Crippen LogP contribution in [0.2, 0.25) is 0 Å². The molecule has 5 rings (SSSR count). The number of carboxylic acids is 1. The second kappa shape index (κ2) is 47.8. The molecule has 2 fully saturated rings. The molecule has 2 unspecified atom stereocenters. The first-order chi connectivity index (χ1) is 50.6. The molecule has 2 saturated heterocycles. The third kappa shape index (κ3) is 33.1. The average Bonchev–Trinajstić information content (AvgIpc) is 1.72. The van der Waals surface area contributed by atoms with Crippen molar-refractivity contribution in [1.82, 2.24) is 88.1 Å². The first kappa shape index (κ1) is 95.0. The topological polar surface area (TPSA) is 546 Å². The number of amides is 14. The minimum absolute atomic E-state index is 0. The third-order valence-corrected chi connectivity index (χ3v) is 19.0. The van der Waals surface area contributed by atoms with Gasteiger partial charge in [-0.3, -0.25) is 81.6 Å². The maximum Gasteiger partial charge on any atom is 0.328 e. The van der Waals surface area contributed by atoms with Crippen molar-refractivity contribution in [2.75, 3.05) is 84.0 Å². The molecule has 14 amide bonds. The summed E-state index contributed by atoms with van der Waals surface area (Å²) in [5.74, 6) is -15.7. The van der Waals surface area contributed by atoms with Gasteiger partial charge in [0.25, 0.3) is 5.56 Å². The van der Waals surface area contributed by atoms with Crippen LogP contribution >= 0.6 is 21.6 Å². The maximum absolute atomic E-state index is 14.9. The number of phenols is 2. The van der Waals surface area contributed by atoms with Gasteiger partial charge in [0.05, 0.1) is 44.0 Å². The van der Waals surface area contributed by atoms with E-state index in [1.807, 2.05) is 0 Å². The number of nitrogens with one attached hydrogen (secondary N) is 13. The standard InChI is InChI=1S/C67H93N17O21S2.2Gd/c1-36(2)25-48(73-54(92)32-82(55(93)33-83-30-37(3)58(96)80-67(83)105)24-20-71-53(91)31-81(22-18-69-39(5)86)23-19-70-40(6)87)66(104)84-21-8-9-51(84)64(102)77-50-35-107-106-34-49(59(97)68-7)78-65(103)57(38(4)85)79-52(90)29-72-60(98)45(26-41-10-14-43(88)15-11-41)74-61(99)46(27-42-12-16-44(89)17-13-42)75-62(100)47(28-56(94)95)76-63(50)101;;/h10-17,30,36,38,45-51,57,85,88-89H,5-6,8-9,18-29,31-35H2,1-4,7H3,(H,68,97)(H,69,86)(H,70,87)(H,71,91)(H,72,98)(H,73,92)(H,74,99)(H,75,100)(H,76,101)(H,77,102)(H,78,103)(H,79,90)(H,94,95)(H,80,96,105);;/q-2;;/t38?,45-,46-,47-,48?,49-,50-,51-,57-;;/m0../s1. The third-order valence-electron chi connectivity index (χ3n) is 16.5. The summed E-state index contributed by atoms with van der Waals surface area (Å²) in [4.78, 5) is 237. The molecule has 17 N–H and O–H groups in total. The molecule has 2 aliphatic rings. The number of carbonyl (C=O) groups is 15. The summed E-state index contributed by atoms with van der Waals surface area (Å²) in [6.45, 7) is 9.65. The van der Waals surface area contributed by atoms with E-state index in [1.54, 1.807) is 18.7 Å². The summed E-state index contributed by atoms with van der Waals surface area (Å²) in [7, 11) is 2.94. The SMILES string of the molecule is [CH2-]C(=O)NCCN(CCNC([CH2-])=O)CC(=O)NCCN(CC(=O)NC(CC(C)C)C(=O)N1CCC[C@H]1C(=O)N[C@H]1CSSC[C@@H](C(=O)NC)NC(=O)[C@H](C(C)O)NC(=O)CNC(=O)[C@H](Cc2ccc(O)cc2)NC(=O)[C@H](Cc2ccc(O)cc2)NC(=O)[C@H](CC(=O)O)NC1=O)C(=O)Cn1cc(C)c(=O)[nH]c1=O.[Gd].[Gd]. The molecule has 9 atom stereocenters. The Morgan fingerprint density at radius 1 is 0.670 bits per heavy atom. The molecule has 42 heteroatoms. The number of aromatic hydroxyl groups is 2. The van der Waals surface area contributed by atoms with Crippen LogP contribution in [0.4, 0.5) is 0 Å². The Morgan fingerprint density at radius 2 is 1.22 bits per heavy atom. The van der Waals surface area contributed by atoms with Gasteiger partial charge in [-0.15, -0.1) is 0 Å². The average molecular weight is 1850 g/mol.